The van der Waals surface area contributed by atoms with Crippen LogP contribution in [0.5, 0.6) is 0 Å². The molecule has 0 aliphatic rings. The van der Waals surface area contributed by atoms with Crippen LogP contribution in [-0.2, 0) is 6.42 Å². The normalized spacial score (nSPS) is 12.9. The van der Waals surface area contributed by atoms with Crippen LogP contribution in [0.3, 0.4) is 0 Å². The molecule has 0 radical (unpaired) electrons. The number of rotatable bonds is 3. The number of hydrogen-bond donors (Lipinski definition) is 0. The molecule has 60 valence electrons. The molecule has 0 spiro atoms. The molecule has 0 aromatic heterocycles. The third-order valence-corrected chi connectivity index (χ3v) is 2.43. The summed E-state index contributed by atoms with van der Waals surface area (Å²) in [6, 6.07) is 10.7. The molecule has 0 aliphatic carbocycles. The van der Waals surface area contributed by atoms with Gasteiger partial charge in [-0.3, -0.25) is 0 Å². The second-order valence-corrected chi connectivity index (χ2v) is 5.39. The Bertz CT molecular complexity index is 191. The Hall–Kier alpha value is -0.222. The molecule has 2 atom stereocenters. The van der Waals surface area contributed by atoms with Gasteiger partial charge in [0.25, 0.3) is 0 Å². The van der Waals surface area contributed by atoms with Gasteiger partial charge in [-0.2, -0.15) is 0 Å². The van der Waals surface area contributed by atoms with Crippen molar-refractivity contribution in [3.05, 3.63) is 35.9 Å². The first kappa shape index (κ1) is 8.87. The van der Waals surface area contributed by atoms with Gasteiger partial charge in [-0.25, -0.2) is 0 Å². The van der Waals surface area contributed by atoms with Gasteiger partial charge >= 0.3 is 77.2 Å². The maximum absolute atomic E-state index is 2.29. The monoisotopic (exact) mass is 210 g/mol. The van der Waals surface area contributed by atoms with Crippen molar-refractivity contribution in [3.63, 3.8) is 0 Å². The molecule has 0 bridgehead atoms. The van der Waals surface area contributed by atoms with Crippen LogP contribution in [0.4, 0.5) is 0 Å². The van der Waals surface area contributed by atoms with Crippen molar-refractivity contribution in [1.82, 2.24) is 0 Å². The predicted molar refractivity (Wildman–Crippen MR) is 52.7 cm³/mol. The molecular weight excluding hydrogens is 195 g/mol. The van der Waals surface area contributed by atoms with E-state index in [-0.39, 0.29) is 0 Å². The number of hydrogen-bond acceptors (Lipinski definition) is 0. The van der Waals surface area contributed by atoms with Crippen LogP contribution < -0.4 is 0 Å². The molecule has 0 aliphatic heterocycles. The minimum atomic E-state index is 0.878. The van der Waals surface area contributed by atoms with E-state index >= 15 is 0 Å². The fraction of sp³-hybridized carbons (Fsp3) is 0.400. The van der Waals surface area contributed by atoms with Crippen molar-refractivity contribution in [2.45, 2.75) is 24.5 Å². The van der Waals surface area contributed by atoms with Gasteiger partial charge in [0.15, 0.2) is 0 Å². The quantitative estimate of drug-likeness (QED) is 0.670. The summed E-state index contributed by atoms with van der Waals surface area (Å²) in [5.41, 5.74) is 1.47. The Morgan fingerprint density at radius 1 is 1.27 bits per heavy atom. The molecule has 1 heteroatoms. The molecule has 0 amide bonds. The molecule has 1 aromatic carbocycles. The Morgan fingerprint density at radius 2 is 1.91 bits per heavy atom. The molecule has 0 saturated carbocycles. The second kappa shape index (κ2) is 4.61. The van der Waals surface area contributed by atoms with Gasteiger partial charge in [-0.05, 0) is 0 Å². The first-order chi connectivity index (χ1) is 5.29. The zero-order valence-corrected chi connectivity index (χ0v) is 9.38. The Morgan fingerprint density at radius 3 is 2.45 bits per heavy atom. The molecular formula is C10H15As. The first-order valence-corrected chi connectivity index (χ1v) is 5.48. The van der Waals surface area contributed by atoms with E-state index in [1.54, 1.807) is 0 Å². The number of benzene rings is 1. The minimum absolute atomic E-state index is 0.878. The van der Waals surface area contributed by atoms with Gasteiger partial charge in [0.2, 0.25) is 0 Å². The fourth-order valence-electron chi connectivity index (χ4n) is 1.04. The van der Waals surface area contributed by atoms with E-state index in [1.807, 2.05) is 16.9 Å². The molecule has 0 heterocycles. The maximum atomic E-state index is 2.29. The molecule has 11 heavy (non-hydrogen) atoms. The predicted octanol–water partition coefficient (Wildman–Crippen LogP) is 2.06. The summed E-state index contributed by atoms with van der Waals surface area (Å²) in [4.78, 5) is 0. The van der Waals surface area contributed by atoms with Crippen molar-refractivity contribution in [3.8, 4) is 0 Å². The van der Waals surface area contributed by atoms with Crippen LogP contribution >= 0.6 is 0 Å². The van der Waals surface area contributed by atoms with Crippen molar-refractivity contribution in [1.29, 1.82) is 0 Å². The van der Waals surface area contributed by atoms with E-state index < -0.39 is 0 Å². The van der Waals surface area contributed by atoms with Crippen molar-refractivity contribution < 1.29 is 0 Å². The number of aryl methyl sites for hydroxylation is 1. The van der Waals surface area contributed by atoms with Crippen molar-refractivity contribution >= 4 is 16.9 Å². The van der Waals surface area contributed by atoms with Gasteiger partial charge in [-0.15, -0.1) is 0 Å². The van der Waals surface area contributed by atoms with Gasteiger partial charge < -0.3 is 0 Å². The van der Waals surface area contributed by atoms with Crippen LogP contribution in [0.2, 0.25) is 4.71 Å². The summed E-state index contributed by atoms with van der Waals surface area (Å²) >= 11 is 1.85. The van der Waals surface area contributed by atoms with Gasteiger partial charge in [0, 0.05) is 0 Å². The van der Waals surface area contributed by atoms with Crippen LogP contribution in [0.25, 0.3) is 0 Å². The molecule has 0 saturated heterocycles. The van der Waals surface area contributed by atoms with E-state index in [0.717, 1.165) is 4.71 Å². The summed E-state index contributed by atoms with van der Waals surface area (Å²) < 4.78 is 0.878. The topological polar surface area (TPSA) is 0 Å². The van der Waals surface area contributed by atoms with Crippen LogP contribution in [0.1, 0.15) is 18.9 Å². The van der Waals surface area contributed by atoms with Gasteiger partial charge in [-0.1, -0.05) is 0 Å². The first-order valence-electron chi connectivity index (χ1n) is 4.08. The van der Waals surface area contributed by atoms with Gasteiger partial charge in [0.1, 0.15) is 0 Å². The second-order valence-electron chi connectivity index (χ2n) is 3.00. The summed E-state index contributed by atoms with van der Waals surface area (Å²) in [5, 5.41) is 0. The SMILES string of the molecule is CC([AsH2])CCc1ccccc1. The molecule has 1 aromatic rings. The third-order valence-electron chi connectivity index (χ3n) is 1.73. The zero-order valence-electron chi connectivity index (χ0n) is 6.96. The van der Waals surface area contributed by atoms with E-state index in [9.17, 15) is 0 Å². The van der Waals surface area contributed by atoms with Crippen LogP contribution in [0.15, 0.2) is 30.3 Å². The summed E-state index contributed by atoms with van der Waals surface area (Å²) in [6.45, 7) is 2.29. The summed E-state index contributed by atoms with van der Waals surface area (Å²) in [5.74, 6) is 0. The molecule has 1 rings (SSSR count). The molecule has 0 fully saturated rings. The Kier molecular flexibility index (Phi) is 3.72. The van der Waals surface area contributed by atoms with Crippen molar-refractivity contribution in [2.24, 2.45) is 0 Å². The van der Waals surface area contributed by atoms with Crippen LogP contribution in [-0.4, -0.2) is 16.9 Å². The third kappa shape index (κ3) is 3.62. The van der Waals surface area contributed by atoms with Crippen LogP contribution in [0, 0.1) is 0 Å². The zero-order chi connectivity index (χ0) is 8.10. The van der Waals surface area contributed by atoms with E-state index in [2.05, 4.69) is 37.3 Å². The fourth-order valence-corrected chi connectivity index (χ4v) is 1.39. The molecule has 0 nitrogen and oxygen atoms in total. The summed E-state index contributed by atoms with van der Waals surface area (Å²) in [6.07, 6.45) is 2.56. The molecule has 0 N–H and O–H groups in total. The average molecular weight is 210 g/mol. The van der Waals surface area contributed by atoms with E-state index in [1.165, 1.54) is 18.4 Å². The van der Waals surface area contributed by atoms with E-state index in [4.69, 9.17) is 0 Å². The van der Waals surface area contributed by atoms with Crippen molar-refractivity contribution in [2.75, 3.05) is 0 Å². The summed E-state index contributed by atoms with van der Waals surface area (Å²) in [7, 11) is 0. The average Bonchev–Trinajstić information content (AvgIpc) is 2.03. The molecule has 2 unspecified atom stereocenters. The Balaban J connectivity index is 2.39. The Labute approximate surface area is 77.5 Å². The standard InChI is InChI=1S/C10H15As/c1-9(11)7-8-10-5-3-2-4-6-10/h2-6,9H,7-8,11H2,1H3. The van der Waals surface area contributed by atoms with Gasteiger partial charge in [0.05, 0.1) is 0 Å². The van der Waals surface area contributed by atoms with E-state index in [0.29, 0.717) is 0 Å².